The van der Waals surface area contributed by atoms with E-state index in [9.17, 15) is 9.18 Å². The van der Waals surface area contributed by atoms with E-state index in [1.807, 2.05) is 0 Å². The summed E-state index contributed by atoms with van der Waals surface area (Å²) in [6.07, 6.45) is 7.47. The van der Waals surface area contributed by atoms with Gasteiger partial charge in [0.1, 0.15) is 5.69 Å². The van der Waals surface area contributed by atoms with Crippen LogP contribution in [0.4, 0.5) is 4.39 Å². The number of nitrogens with one attached hydrogen (secondary N) is 1. The SMILES string of the molecule is C#CCCCCNC(=O)c1cccc(F)n1. The first kappa shape index (κ1) is 12.2. The maximum Gasteiger partial charge on any atom is 0.269 e. The number of carbonyl (C=O) groups is 1. The van der Waals surface area contributed by atoms with Crippen molar-refractivity contribution >= 4 is 5.91 Å². The van der Waals surface area contributed by atoms with Crippen molar-refractivity contribution in [3.8, 4) is 12.3 Å². The van der Waals surface area contributed by atoms with Crippen LogP contribution >= 0.6 is 0 Å². The molecule has 1 N–H and O–H groups in total. The molecule has 0 aliphatic carbocycles. The lowest BCUT2D eigenvalue weighted by atomic mass is 10.2. The number of carbonyl (C=O) groups excluding carboxylic acids is 1. The van der Waals surface area contributed by atoms with Crippen molar-refractivity contribution in [3.63, 3.8) is 0 Å². The molecule has 1 heterocycles. The summed E-state index contributed by atoms with van der Waals surface area (Å²) >= 11 is 0. The van der Waals surface area contributed by atoms with Crippen LogP contribution in [-0.4, -0.2) is 17.4 Å². The van der Waals surface area contributed by atoms with Crippen LogP contribution in [0.15, 0.2) is 18.2 Å². The second-order valence-corrected chi connectivity index (χ2v) is 3.26. The molecule has 1 aromatic rings. The molecule has 0 spiro atoms. The Morgan fingerprint density at radius 1 is 1.50 bits per heavy atom. The van der Waals surface area contributed by atoms with Crippen molar-refractivity contribution in [2.45, 2.75) is 19.3 Å². The molecule has 0 unspecified atom stereocenters. The van der Waals surface area contributed by atoms with Crippen LogP contribution < -0.4 is 5.32 Å². The zero-order chi connectivity index (χ0) is 11.8. The molecule has 0 fully saturated rings. The minimum atomic E-state index is -0.653. The highest BCUT2D eigenvalue weighted by Crippen LogP contribution is 1.98. The molecule has 1 amide bonds. The zero-order valence-corrected chi connectivity index (χ0v) is 8.87. The van der Waals surface area contributed by atoms with Crippen LogP contribution in [0.5, 0.6) is 0 Å². The van der Waals surface area contributed by atoms with Crippen LogP contribution in [0.25, 0.3) is 0 Å². The fraction of sp³-hybridized carbons (Fsp3) is 0.333. The van der Waals surface area contributed by atoms with Crippen LogP contribution in [0.3, 0.4) is 0 Å². The van der Waals surface area contributed by atoms with Crippen molar-refractivity contribution in [1.82, 2.24) is 10.3 Å². The smallest absolute Gasteiger partial charge is 0.269 e. The molecule has 84 valence electrons. The Balaban J connectivity index is 2.33. The van der Waals surface area contributed by atoms with Crippen LogP contribution in [0, 0.1) is 18.3 Å². The number of unbranched alkanes of at least 4 members (excludes halogenated alkanes) is 2. The summed E-state index contributed by atoms with van der Waals surface area (Å²) in [6.45, 7) is 0.526. The number of nitrogens with zero attached hydrogens (tertiary/aromatic N) is 1. The summed E-state index contributed by atoms with van der Waals surface area (Å²) in [5.74, 6) is 1.51. The monoisotopic (exact) mass is 220 g/mol. The summed E-state index contributed by atoms with van der Waals surface area (Å²) < 4.78 is 12.7. The van der Waals surface area contributed by atoms with Gasteiger partial charge in [0, 0.05) is 13.0 Å². The normalized spacial score (nSPS) is 9.50. The van der Waals surface area contributed by atoms with Gasteiger partial charge in [0.2, 0.25) is 5.95 Å². The number of pyridine rings is 1. The van der Waals surface area contributed by atoms with Crippen LogP contribution in [0.2, 0.25) is 0 Å². The van der Waals surface area contributed by atoms with E-state index in [4.69, 9.17) is 6.42 Å². The fourth-order valence-corrected chi connectivity index (χ4v) is 1.18. The van der Waals surface area contributed by atoms with Crippen LogP contribution in [-0.2, 0) is 0 Å². The van der Waals surface area contributed by atoms with Gasteiger partial charge in [0.25, 0.3) is 5.91 Å². The third-order valence-corrected chi connectivity index (χ3v) is 1.98. The second kappa shape index (κ2) is 6.57. The molecule has 0 atom stereocenters. The molecular weight excluding hydrogens is 207 g/mol. The molecule has 1 aromatic heterocycles. The quantitative estimate of drug-likeness (QED) is 0.466. The largest absolute Gasteiger partial charge is 0.351 e. The van der Waals surface area contributed by atoms with E-state index in [1.165, 1.54) is 18.2 Å². The molecule has 0 aliphatic rings. The minimum absolute atomic E-state index is 0.0944. The van der Waals surface area contributed by atoms with E-state index in [0.29, 0.717) is 13.0 Å². The van der Waals surface area contributed by atoms with E-state index in [1.54, 1.807) is 0 Å². The third-order valence-electron chi connectivity index (χ3n) is 1.98. The first-order valence-electron chi connectivity index (χ1n) is 5.08. The van der Waals surface area contributed by atoms with Crippen molar-refractivity contribution < 1.29 is 9.18 Å². The van der Waals surface area contributed by atoms with Crippen molar-refractivity contribution in [3.05, 3.63) is 29.8 Å². The van der Waals surface area contributed by atoms with E-state index < -0.39 is 5.95 Å². The fourth-order valence-electron chi connectivity index (χ4n) is 1.18. The minimum Gasteiger partial charge on any atom is -0.351 e. The Kier molecular flexibility index (Phi) is 5.00. The van der Waals surface area contributed by atoms with Crippen molar-refractivity contribution in [2.75, 3.05) is 6.54 Å². The molecule has 0 bridgehead atoms. The second-order valence-electron chi connectivity index (χ2n) is 3.26. The summed E-state index contributed by atoms with van der Waals surface area (Å²) in [5, 5.41) is 2.65. The van der Waals surface area contributed by atoms with Gasteiger partial charge in [0.05, 0.1) is 0 Å². The third kappa shape index (κ3) is 4.09. The first-order chi connectivity index (χ1) is 7.74. The molecule has 0 saturated heterocycles. The lowest BCUT2D eigenvalue weighted by Crippen LogP contribution is -2.25. The summed E-state index contributed by atoms with van der Waals surface area (Å²) in [7, 11) is 0. The predicted octanol–water partition coefficient (Wildman–Crippen LogP) is 1.75. The topological polar surface area (TPSA) is 42.0 Å². The van der Waals surface area contributed by atoms with E-state index >= 15 is 0 Å². The van der Waals surface area contributed by atoms with Crippen molar-refractivity contribution in [1.29, 1.82) is 0 Å². The molecule has 0 saturated carbocycles. The van der Waals surface area contributed by atoms with Gasteiger partial charge in [-0.25, -0.2) is 4.98 Å². The number of hydrogen-bond acceptors (Lipinski definition) is 2. The maximum absolute atomic E-state index is 12.7. The Hall–Kier alpha value is -1.89. The van der Waals surface area contributed by atoms with Crippen LogP contribution in [0.1, 0.15) is 29.8 Å². The van der Waals surface area contributed by atoms with E-state index in [2.05, 4.69) is 16.2 Å². The zero-order valence-electron chi connectivity index (χ0n) is 8.87. The van der Waals surface area contributed by atoms with Gasteiger partial charge in [-0.05, 0) is 25.0 Å². The average Bonchev–Trinajstić information content (AvgIpc) is 2.28. The number of rotatable bonds is 5. The highest BCUT2D eigenvalue weighted by atomic mass is 19.1. The maximum atomic E-state index is 12.7. The Morgan fingerprint density at radius 2 is 2.31 bits per heavy atom. The number of amides is 1. The lowest BCUT2D eigenvalue weighted by Gasteiger charge is -2.03. The standard InChI is InChI=1S/C12H13FN2O/c1-2-3-4-5-9-14-12(16)10-7-6-8-11(13)15-10/h1,6-8H,3-5,9H2,(H,14,16). The van der Waals surface area contributed by atoms with Gasteiger partial charge in [-0.15, -0.1) is 12.3 Å². The molecule has 1 rings (SSSR count). The Labute approximate surface area is 94.1 Å². The average molecular weight is 220 g/mol. The summed E-state index contributed by atoms with van der Waals surface area (Å²) in [4.78, 5) is 14.9. The predicted molar refractivity (Wildman–Crippen MR) is 59.2 cm³/mol. The first-order valence-corrected chi connectivity index (χ1v) is 5.08. The van der Waals surface area contributed by atoms with E-state index in [-0.39, 0.29) is 11.6 Å². The number of hydrogen-bond donors (Lipinski definition) is 1. The van der Waals surface area contributed by atoms with Crippen molar-refractivity contribution in [2.24, 2.45) is 0 Å². The lowest BCUT2D eigenvalue weighted by molar-refractivity contribution is 0.0947. The highest BCUT2D eigenvalue weighted by molar-refractivity contribution is 5.92. The molecule has 3 nitrogen and oxygen atoms in total. The number of aromatic nitrogens is 1. The molecule has 4 heteroatoms. The molecule has 0 aromatic carbocycles. The molecule has 0 radical (unpaired) electrons. The molecular formula is C12H13FN2O. The van der Waals surface area contributed by atoms with Gasteiger partial charge >= 0.3 is 0 Å². The summed E-state index contributed by atoms with van der Waals surface area (Å²) in [5.41, 5.74) is 0.0944. The van der Waals surface area contributed by atoms with E-state index in [0.717, 1.165) is 12.8 Å². The van der Waals surface area contributed by atoms with Gasteiger partial charge in [-0.3, -0.25) is 4.79 Å². The molecule has 0 aliphatic heterocycles. The van der Waals surface area contributed by atoms with Gasteiger partial charge in [-0.1, -0.05) is 6.07 Å². The summed E-state index contributed by atoms with van der Waals surface area (Å²) in [6, 6.07) is 4.12. The highest BCUT2D eigenvalue weighted by Gasteiger charge is 2.06. The number of terminal acetylenes is 1. The van der Waals surface area contributed by atoms with Gasteiger partial charge in [0.15, 0.2) is 0 Å². The van der Waals surface area contributed by atoms with Gasteiger partial charge < -0.3 is 5.32 Å². The van der Waals surface area contributed by atoms with Gasteiger partial charge in [-0.2, -0.15) is 4.39 Å². The number of halogens is 1. The Morgan fingerprint density at radius 3 is 3.00 bits per heavy atom. The Bertz CT molecular complexity index is 398. The molecule has 16 heavy (non-hydrogen) atoms.